The lowest BCUT2D eigenvalue weighted by Crippen LogP contribution is -2.35. The molecule has 0 aliphatic carbocycles. The fraction of sp³-hybridized carbons (Fsp3) is 0.643. The molecule has 2 rings (SSSR count). The van der Waals surface area contributed by atoms with Crippen LogP contribution in [0.25, 0.3) is 0 Å². The van der Waals surface area contributed by atoms with Crippen LogP contribution in [0.1, 0.15) is 44.3 Å². The van der Waals surface area contributed by atoms with E-state index in [1.807, 2.05) is 13.0 Å². The third-order valence-electron chi connectivity index (χ3n) is 4.29. The van der Waals surface area contributed by atoms with Gasteiger partial charge in [0.05, 0.1) is 12.2 Å². The maximum Gasteiger partial charge on any atom is 0.349 e. The summed E-state index contributed by atoms with van der Waals surface area (Å²) in [6, 6.07) is 1.82. The van der Waals surface area contributed by atoms with Crippen molar-refractivity contribution in [1.82, 2.24) is 0 Å². The Labute approximate surface area is 124 Å². The van der Waals surface area contributed by atoms with Crippen molar-refractivity contribution in [2.75, 3.05) is 6.61 Å². The first-order valence-corrected chi connectivity index (χ1v) is 7.67. The fourth-order valence-corrected chi connectivity index (χ4v) is 3.36. The first-order chi connectivity index (χ1) is 9.18. The molecule has 0 atom stereocenters. The summed E-state index contributed by atoms with van der Waals surface area (Å²) in [5.41, 5.74) is -0.173. The van der Waals surface area contributed by atoms with E-state index in [2.05, 4.69) is 27.7 Å². The van der Waals surface area contributed by atoms with Crippen LogP contribution in [0.4, 0.5) is 0 Å². The minimum Gasteiger partial charge on any atom is -0.492 e. The molecular formula is C14H21BO4S. The van der Waals surface area contributed by atoms with Crippen molar-refractivity contribution >= 4 is 29.0 Å². The van der Waals surface area contributed by atoms with Crippen molar-refractivity contribution in [3.8, 4) is 5.75 Å². The number of thiophene rings is 1. The van der Waals surface area contributed by atoms with E-state index in [4.69, 9.17) is 9.39 Å². The van der Waals surface area contributed by atoms with Crippen molar-refractivity contribution in [3.63, 3.8) is 0 Å². The van der Waals surface area contributed by atoms with Gasteiger partial charge in [0.1, 0.15) is 5.75 Å². The predicted molar refractivity (Wildman–Crippen MR) is 81.6 cm³/mol. The van der Waals surface area contributed by atoms with E-state index < -0.39 is 5.97 Å². The van der Waals surface area contributed by atoms with E-state index in [0.29, 0.717) is 12.4 Å². The Morgan fingerprint density at radius 1 is 1.50 bits per heavy atom. The molecule has 2 heterocycles. The number of hydrogen-bond donors (Lipinski definition) is 1. The molecule has 110 valence electrons. The van der Waals surface area contributed by atoms with Gasteiger partial charge in [-0.1, -0.05) is 13.8 Å². The van der Waals surface area contributed by atoms with Crippen LogP contribution in [-0.2, 0) is 4.65 Å². The third kappa shape index (κ3) is 2.59. The maximum absolute atomic E-state index is 11.3. The number of ether oxygens (including phenoxy) is 1. The Hall–Kier alpha value is -1.01. The summed E-state index contributed by atoms with van der Waals surface area (Å²) >= 11 is 1.26. The zero-order valence-corrected chi connectivity index (χ0v) is 13.5. The van der Waals surface area contributed by atoms with Crippen LogP contribution < -0.4 is 9.51 Å². The first-order valence-electron chi connectivity index (χ1n) is 6.85. The van der Waals surface area contributed by atoms with Gasteiger partial charge in [-0.2, -0.15) is 0 Å². The summed E-state index contributed by atoms with van der Waals surface area (Å²) in [7, 11) is 0. The molecule has 1 aliphatic rings. The number of carboxylic acid groups (broad SMARTS) is 1. The molecule has 1 aromatic heterocycles. The molecule has 0 saturated carbocycles. The quantitative estimate of drug-likeness (QED) is 0.868. The molecule has 1 aliphatic heterocycles. The predicted octanol–water partition coefficient (Wildman–Crippen LogP) is 2.88. The lowest BCUT2D eigenvalue weighted by atomic mass is 9.58. The van der Waals surface area contributed by atoms with Crippen LogP contribution in [0.5, 0.6) is 5.75 Å². The maximum atomic E-state index is 11.3. The SMILES string of the molecule is CCOc1cc(B2CC(C)(C)C(C)(C)O2)sc1C(=O)O. The normalized spacial score (nSPS) is 20.1. The van der Waals surface area contributed by atoms with Gasteiger partial charge in [0.2, 0.25) is 0 Å². The van der Waals surface area contributed by atoms with E-state index in [-0.39, 0.29) is 22.8 Å². The number of carboxylic acids is 1. The summed E-state index contributed by atoms with van der Waals surface area (Å²) in [6.45, 7) is 10.8. The Kier molecular flexibility index (Phi) is 3.91. The molecular weight excluding hydrogens is 275 g/mol. The lowest BCUT2D eigenvalue weighted by Gasteiger charge is -2.34. The molecule has 4 nitrogen and oxygen atoms in total. The van der Waals surface area contributed by atoms with Gasteiger partial charge in [-0.3, -0.25) is 0 Å². The molecule has 0 amide bonds. The van der Waals surface area contributed by atoms with E-state index in [0.717, 1.165) is 11.1 Å². The summed E-state index contributed by atoms with van der Waals surface area (Å²) in [6.07, 6.45) is 0.880. The largest absolute Gasteiger partial charge is 0.492 e. The second-order valence-corrected chi connectivity index (χ2v) is 7.37. The second-order valence-electron chi connectivity index (χ2n) is 6.29. The van der Waals surface area contributed by atoms with Gasteiger partial charge >= 0.3 is 12.9 Å². The molecule has 0 bridgehead atoms. The van der Waals surface area contributed by atoms with Gasteiger partial charge in [-0.05, 0) is 38.6 Å². The fourth-order valence-electron chi connectivity index (χ4n) is 2.39. The molecule has 6 heteroatoms. The second kappa shape index (κ2) is 5.08. The third-order valence-corrected chi connectivity index (χ3v) is 5.49. The summed E-state index contributed by atoms with van der Waals surface area (Å²) < 4.78 is 12.5. The van der Waals surface area contributed by atoms with Gasteiger partial charge in [-0.15, -0.1) is 11.3 Å². The number of carbonyl (C=O) groups is 1. The summed E-state index contributed by atoms with van der Waals surface area (Å²) in [5.74, 6) is -0.493. The summed E-state index contributed by atoms with van der Waals surface area (Å²) in [4.78, 5) is 11.5. The zero-order chi connectivity index (χ0) is 15.1. The molecule has 0 unspecified atom stereocenters. The Morgan fingerprint density at radius 2 is 2.15 bits per heavy atom. The highest BCUT2D eigenvalue weighted by Gasteiger charge is 2.50. The molecule has 20 heavy (non-hydrogen) atoms. The molecule has 1 aromatic rings. The van der Waals surface area contributed by atoms with Crippen molar-refractivity contribution in [1.29, 1.82) is 0 Å². The Bertz CT molecular complexity index is 505. The standard InChI is InChI=1S/C14H21BO4S/c1-6-18-9-7-10(20-11(9)12(16)17)15-8-13(2,3)14(4,5)19-15/h7H,6,8H2,1-5H3,(H,16,17). The molecule has 0 radical (unpaired) electrons. The van der Waals surface area contributed by atoms with Gasteiger partial charge in [0.15, 0.2) is 4.88 Å². The number of aromatic carboxylic acids is 1. The van der Waals surface area contributed by atoms with Crippen LogP contribution in [0.15, 0.2) is 6.07 Å². The topological polar surface area (TPSA) is 55.8 Å². The van der Waals surface area contributed by atoms with E-state index in [1.54, 1.807) is 0 Å². The van der Waals surface area contributed by atoms with Crippen molar-refractivity contribution in [2.45, 2.75) is 46.5 Å². The highest BCUT2D eigenvalue weighted by atomic mass is 32.1. The molecule has 0 spiro atoms. The lowest BCUT2D eigenvalue weighted by molar-refractivity contribution is 0.0376. The Morgan fingerprint density at radius 3 is 2.60 bits per heavy atom. The minimum absolute atomic E-state index is 0.0524. The van der Waals surface area contributed by atoms with Gasteiger partial charge in [0.25, 0.3) is 0 Å². The highest BCUT2D eigenvalue weighted by molar-refractivity contribution is 7.24. The average molecular weight is 296 g/mol. The smallest absolute Gasteiger partial charge is 0.349 e. The van der Waals surface area contributed by atoms with Crippen molar-refractivity contribution < 1.29 is 19.3 Å². The van der Waals surface area contributed by atoms with E-state index in [9.17, 15) is 9.90 Å². The first kappa shape index (κ1) is 15.4. The number of hydrogen-bond acceptors (Lipinski definition) is 4. The molecule has 0 aromatic carbocycles. The van der Waals surface area contributed by atoms with Crippen LogP contribution in [-0.4, -0.2) is 30.2 Å². The summed E-state index contributed by atoms with van der Waals surface area (Å²) in [5, 5.41) is 9.24. The van der Waals surface area contributed by atoms with Gasteiger partial charge < -0.3 is 14.5 Å². The molecule has 1 fully saturated rings. The number of rotatable bonds is 4. The van der Waals surface area contributed by atoms with Gasteiger partial charge in [0, 0.05) is 4.78 Å². The van der Waals surface area contributed by atoms with Crippen LogP contribution in [0.2, 0.25) is 6.32 Å². The minimum atomic E-state index is -0.943. The molecule has 1 N–H and O–H groups in total. The van der Waals surface area contributed by atoms with Crippen molar-refractivity contribution in [3.05, 3.63) is 10.9 Å². The van der Waals surface area contributed by atoms with Crippen LogP contribution in [0.3, 0.4) is 0 Å². The molecule has 1 saturated heterocycles. The van der Waals surface area contributed by atoms with Crippen LogP contribution >= 0.6 is 11.3 Å². The Balaban J connectivity index is 2.31. The van der Waals surface area contributed by atoms with E-state index in [1.165, 1.54) is 11.3 Å². The van der Waals surface area contributed by atoms with Gasteiger partial charge in [-0.25, -0.2) is 4.79 Å². The zero-order valence-electron chi connectivity index (χ0n) is 12.6. The average Bonchev–Trinajstić information content (AvgIpc) is 2.80. The highest BCUT2D eigenvalue weighted by Crippen LogP contribution is 2.45. The van der Waals surface area contributed by atoms with Crippen molar-refractivity contribution in [2.24, 2.45) is 5.41 Å². The van der Waals surface area contributed by atoms with Crippen LogP contribution in [0, 0.1) is 5.41 Å². The monoisotopic (exact) mass is 296 g/mol. The van der Waals surface area contributed by atoms with E-state index >= 15 is 0 Å².